The van der Waals surface area contributed by atoms with E-state index >= 15 is 0 Å². The van der Waals surface area contributed by atoms with Crippen molar-refractivity contribution >= 4 is 28.6 Å². The van der Waals surface area contributed by atoms with Gasteiger partial charge in [0.25, 0.3) is 0 Å². The number of fused-ring (bicyclic) bond motifs is 1. The summed E-state index contributed by atoms with van der Waals surface area (Å²) in [5.41, 5.74) is -0.172. The van der Waals surface area contributed by atoms with Crippen LogP contribution < -0.4 is 5.32 Å². The van der Waals surface area contributed by atoms with E-state index in [4.69, 9.17) is 16.3 Å². The van der Waals surface area contributed by atoms with Crippen LogP contribution in [-0.2, 0) is 4.74 Å². The second-order valence-corrected chi connectivity index (χ2v) is 6.00. The molecule has 3 aromatic rings. The second kappa shape index (κ2) is 7.43. The summed E-state index contributed by atoms with van der Waals surface area (Å²) in [6.07, 6.45) is 2.81. The number of nitrogens with one attached hydrogen (secondary N) is 1. The minimum absolute atomic E-state index is 0.0420. The Morgan fingerprint density at radius 3 is 2.42 bits per heavy atom. The lowest BCUT2D eigenvalue weighted by atomic mass is 10.0. The molecule has 136 valence electrons. The number of hydrogen-bond acceptors (Lipinski definition) is 5. The van der Waals surface area contributed by atoms with E-state index in [2.05, 4.69) is 20.3 Å². The van der Waals surface area contributed by atoms with Gasteiger partial charge >= 0.3 is 0 Å². The molecule has 0 fully saturated rings. The van der Waals surface area contributed by atoms with Crippen molar-refractivity contribution in [2.45, 2.75) is 13.0 Å². The van der Waals surface area contributed by atoms with E-state index in [-0.39, 0.29) is 33.6 Å². The van der Waals surface area contributed by atoms with Gasteiger partial charge in [-0.25, -0.2) is 28.1 Å². The topological polar surface area (TPSA) is 59.9 Å². The SMILES string of the molecule is COCC(C)Nc1nc2nccnc2c(Cl)c1-c1c(F)cc(F)cc1F. The molecule has 0 aliphatic rings. The summed E-state index contributed by atoms with van der Waals surface area (Å²) in [5, 5.41) is 2.95. The van der Waals surface area contributed by atoms with Crippen molar-refractivity contribution in [2.75, 3.05) is 19.0 Å². The molecule has 3 rings (SSSR count). The Morgan fingerprint density at radius 2 is 1.77 bits per heavy atom. The zero-order valence-electron chi connectivity index (χ0n) is 13.9. The van der Waals surface area contributed by atoms with Gasteiger partial charge in [0.15, 0.2) is 5.65 Å². The van der Waals surface area contributed by atoms with E-state index in [1.165, 1.54) is 19.5 Å². The molecule has 0 aliphatic carbocycles. The van der Waals surface area contributed by atoms with Gasteiger partial charge in [0.2, 0.25) is 0 Å². The third-order valence-electron chi connectivity index (χ3n) is 3.62. The van der Waals surface area contributed by atoms with Crippen LogP contribution in [0.15, 0.2) is 24.5 Å². The predicted molar refractivity (Wildman–Crippen MR) is 92.6 cm³/mol. The van der Waals surface area contributed by atoms with Crippen molar-refractivity contribution in [1.82, 2.24) is 15.0 Å². The van der Waals surface area contributed by atoms with Crippen LogP contribution in [0, 0.1) is 17.5 Å². The first-order valence-electron chi connectivity index (χ1n) is 7.63. The van der Waals surface area contributed by atoms with E-state index in [1.807, 2.05) is 0 Å². The van der Waals surface area contributed by atoms with E-state index in [0.29, 0.717) is 18.7 Å². The molecular weight excluding hydrogens is 369 g/mol. The quantitative estimate of drug-likeness (QED) is 0.716. The molecular formula is C17H14ClF3N4O. The molecule has 0 radical (unpaired) electrons. The number of pyridine rings is 1. The maximum atomic E-state index is 14.4. The maximum Gasteiger partial charge on any atom is 0.181 e. The van der Waals surface area contributed by atoms with Crippen LogP contribution >= 0.6 is 11.6 Å². The number of benzene rings is 1. The number of methoxy groups -OCH3 is 1. The molecule has 0 spiro atoms. The highest BCUT2D eigenvalue weighted by Crippen LogP contribution is 2.40. The fourth-order valence-corrected chi connectivity index (χ4v) is 2.91. The first-order chi connectivity index (χ1) is 12.4. The number of rotatable bonds is 5. The highest BCUT2D eigenvalue weighted by atomic mass is 35.5. The number of ether oxygens (including phenoxy) is 1. The summed E-state index contributed by atoms with van der Waals surface area (Å²) in [6, 6.07) is 0.915. The van der Waals surface area contributed by atoms with E-state index < -0.39 is 23.0 Å². The molecule has 1 atom stereocenters. The first kappa shape index (κ1) is 18.3. The molecule has 2 aromatic heterocycles. The van der Waals surface area contributed by atoms with E-state index in [9.17, 15) is 13.2 Å². The molecule has 5 nitrogen and oxygen atoms in total. The van der Waals surface area contributed by atoms with Gasteiger partial charge in [0.1, 0.15) is 28.8 Å². The fraction of sp³-hybridized carbons (Fsp3) is 0.235. The largest absolute Gasteiger partial charge is 0.383 e. The number of nitrogens with zero attached hydrogens (tertiary/aromatic N) is 3. The molecule has 0 amide bonds. The Morgan fingerprint density at radius 1 is 1.12 bits per heavy atom. The van der Waals surface area contributed by atoms with Crippen LogP contribution in [0.4, 0.5) is 19.0 Å². The van der Waals surface area contributed by atoms with Gasteiger partial charge in [-0.1, -0.05) is 11.6 Å². The molecule has 0 saturated heterocycles. The molecule has 26 heavy (non-hydrogen) atoms. The van der Waals surface area contributed by atoms with Crippen LogP contribution in [0.1, 0.15) is 6.92 Å². The lowest BCUT2D eigenvalue weighted by Crippen LogP contribution is -2.22. The van der Waals surface area contributed by atoms with Gasteiger partial charge in [0.05, 0.1) is 22.8 Å². The van der Waals surface area contributed by atoms with E-state index in [1.54, 1.807) is 6.92 Å². The minimum atomic E-state index is -1.10. The summed E-state index contributed by atoms with van der Waals surface area (Å²) in [6.45, 7) is 2.10. The standard InChI is InChI=1S/C17H14ClF3N4O/c1-8(7-26-2)24-16-13(12-10(20)5-9(19)6-11(12)21)14(18)15-17(25-16)23-4-3-22-15/h3-6,8H,7H2,1-2H3,(H,23,24,25). The molecule has 0 aliphatic heterocycles. The van der Waals surface area contributed by atoms with Crippen LogP contribution in [0.25, 0.3) is 22.3 Å². The average molecular weight is 383 g/mol. The molecule has 1 N–H and O–H groups in total. The Kier molecular flexibility index (Phi) is 5.24. The number of hydrogen-bond donors (Lipinski definition) is 1. The number of anilines is 1. The maximum absolute atomic E-state index is 14.4. The Labute approximate surface area is 152 Å². The lowest BCUT2D eigenvalue weighted by Gasteiger charge is -2.19. The molecule has 1 unspecified atom stereocenters. The number of halogens is 4. The van der Waals surface area contributed by atoms with Crippen molar-refractivity contribution in [2.24, 2.45) is 0 Å². The third kappa shape index (κ3) is 3.42. The normalized spacial score (nSPS) is 12.4. The van der Waals surface area contributed by atoms with E-state index in [0.717, 1.165) is 0 Å². The van der Waals surface area contributed by atoms with Crippen molar-refractivity contribution in [3.05, 3.63) is 47.0 Å². The minimum Gasteiger partial charge on any atom is -0.383 e. The van der Waals surface area contributed by atoms with Gasteiger partial charge in [0, 0.05) is 37.7 Å². The first-order valence-corrected chi connectivity index (χ1v) is 8.00. The van der Waals surface area contributed by atoms with Crippen LogP contribution in [-0.4, -0.2) is 34.7 Å². The molecule has 1 aromatic carbocycles. The molecule has 0 bridgehead atoms. The lowest BCUT2D eigenvalue weighted by molar-refractivity contribution is 0.190. The number of aromatic nitrogens is 3. The van der Waals surface area contributed by atoms with Crippen molar-refractivity contribution in [3.63, 3.8) is 0 Å². The van der Waals surface area contributed by atoms with Crippen LogP contribution in [0.2, 0.25) is 5.02 Å². The Balaban J connectivity index is 2.30. The Bertz CT molecular complexity index is 947. The van der Waals surface area contributed by atoms with Gasteiger partial charge in [-0.3, -0.25) is 0 Å². The second-order valence-electron chi connectivity index (χ2n) is 5.62. The summed E-state index contributed by atoms with van der Waals surface area (Å²) in [5.74, 6) is -3.14. The molecule has 9 heteroatoms. The summed E-state index contributed by atoms with van der Waals surface area (Å²) < 4.78 is 47.1. The van der Waals surface area contributed by atoms with Crippen LogP contribution in [0.5, 0.6) is 0 Å². The third-order valence-corrected chi connectivity index (χ3v) is 3.99. The summed E-state index contributed by atoms with van der Waals surface area (Å²) in [7, 11) is 1.52. The zero-order chi connectivity index (χ0) is 18.8. The molecule has 2 heterocycles. The van der Waals surface area contributed by atoms with Crippen molar-refractivity contribution < 1.29 is 17.9 Å². The highest BCUT2D eigenvalue weighted by Gasteiger charge is 2.24. The predicted octanol–water partition coefficient (Wildman–Crippen LogP) is 4.21. The summed E-state index contributed by atoms with van der Waals surface area (Å²) >= 11 is 6.38. The van der Waals surface area contributed by atoms with Gasteiger partial charge < -0.3 is 10.1 Å². The van der Waals surface area contributed by atoms with Crippen LogP contribution in [0.3, 0.4) is 0 Å². The Hall–Kier alpha value is -2.45. The van der Waals surface area contributed by atoms with Crippen molar-refractivity contribution in [3.8, 4) is 11.1 Å². The van der Waals surface area contributed by atoms with Crippen molar-refractivity contribution in [1.29, 1.82) is 0 Å². The average Bonchev–Trinajstić information content (AvgIpc) is 2.57. The van der Waals surface area contributed by atoms with Gasteiger partial charge in [-0.2, -0.15) is 0 Å². The smallest absolute Gasteiger partial charge is 0.181 e. The summed E-state index contributed by atoms with van der Waals surface area (Å²) in [4.78, 5) is 12.4. The molecule has 0 saturated carbocycles. The highest BCUT2D eigenvalue weighted by molar-refractivity contribution is 6.38. The fourth-order valence-electron chi connectivity index (χ4n) is 2.59. The zero-order valence-corrected chi connectivity index (χ0v) is 14.6. The monoisotopic (exact) mass is 382 g/mol. The van der Waals surface area contributed by atoms with Gasteiger partial charge in [-0.15, -0.1) is 0 Å². The van der Waals surface area contributed by atoms with Gasteiger partial charge in [-0.05, 0) is 6.92 Å².